The molecular formula is C15H24N2O4S. The van der Waals surface area contributed by atoms with Crippen molar-refractivity contribution in [1.82, 2.24) is 10.2 Å². The lowest BCUT2D eigenvalue weighted by Gasteiger charge is -2.27. The van der Waals surface area contributed by atoms with Crippen LogP contribution in [0.15, 0.2) is 17.0 Å². The first-order valence-corrected chi connectivity index (χ1v) is 9.23. The van der Waals surface area contributed by atoms with Gasteiger partial charge in [0, 0.05) is 45.0 Å². The molecule has 124 valence electrons. The van der Waals surface area contributed by atoms with Gasteiger partial charge >= 0.3 is 0 Å². The Kier molecular flexibility index (Phi) is 5.66. The Balaban J connectivity index is 2.27. The first kappa shape index (κ1) is 17.1. The van der Waals surface area contributed by atoms with Crippen molar-refractivity contribution in [2.45, 2.75) is 11.3 Å². The maximum atomic E-state index is 12.1. The Bertz CT molecular complexity index is 610. The summed E-state index contributed by atoms with van der Waals surface area (Å²) >= 11 is 0. The van der Waals surface area contributed by atoms with Crippen LogP contribution in [0.25, 0.3) is 0 Å². The Hall–Kier alpha value is -1.31. The van der Waals surface area contributed by atoms with Gasteiger partial charge in [-0.2, -0.15) is 0 Å². The predicted molar refractivity (Wildman–Crippen MR) is 85.7 cm³/mol. The third kappa shape index (κ3) is 4.12. The van der Waals surface area contributed by atoms with Gasteiger partial charge in [-0.3, -0.25) is 0 Å². The molecule has 1 aromatic carbocycles. The molecule has 0 spiro atoms. The van der Waals surface area contributed by atoms with E-state index in [1.54, 1.807) is 19.2 Å². The first-order valence-electron chi connectivity index (χ1n) is 7.33. The fourth-order valence-electron chi connectivity index (χ4n) is 2.66. The summed E-state index contributed by atoms with van der Waals surface area (Å²) in [6.45, 7) is 4.76. The van der Waals surface area contributed by atoms with Gasteiger partial charge in [-0.15, -0.1) is 0 Å². The number of hydrogen-bond acceptors (Lipinski definition) is 6. The molecule has 2 rings (SSSR count). The summed E-state index contributed by atoms with van der Waals surface area (Å²) in [7, 11) is -0.252. The van der Waals surface area contributed by atoms with Crippen molar-refractivity contribution >= 4 is 9.84 Å². The molecule has 0 bridgehead atoms. The first-order chi connectivity index (χ1) is 10.5. The molecule has 0 radical (unpaired) electrons. The van der Waals surface area contributed by atoms with Crippen LogP contribution in [0, 0.1) is 0 Å². The minimum atomic E-state index is -3.31. The number of hydrogen-bond donors (Lipinski definition) is 1. The van der Waals surface area contributed by atoms with E-state index >= 15 is 0 Å². The summed E-state index contributed by atoms with van der Waals surface area (Å²) in [6.07, 6.45) is 1.89. The van der Waals surface area contributed by atoms with Crippen molar-refractivity contribution in [2.75, 3.05) is 53.2 Å². The largest absolute Gasteiger partial charge is 0.493 e. The number of benzene rings is 1. The van der Waals surface area contributed by atoms with Crippen LogP contribution < -0.4 is 14.8 Å². The number of sulfone groups is 1. The normalized spacial score (nSPS) is 16.5. The van der Waals surface area contributed by atoms with E-state index in [2.05, 4.69) is 10.2 Å². The molecule has 1 heterocycles. The summed E-state index contributed by atoms with van der Waals surface area (Å²) < 4.78 is 34.6. The van der Waals surface area contributed by atoms with Gasteiger partial charge in [0.25, 0.3) is 0 Å². The molecule has 0 aromatic heterocycles. The quantitative estimate of drug-likeness (QED) is 0.823. The molecule has 0 atom stereocenters. The van der Waals surface area contributed by atoms with Gasteiger partial charge in [0.1, 0.15) is 0 Å². The Morgan fingerprint density at radius 3 is 2.27 bits per heavy atom. The number of ether oxygens (including phenoxy) is 2. The van der Waals surface area contributed by atoms with Crippen molar-refractivity contribution < 1.29 is 17.9 Å². The highest BCUT2D eigenvalue weighted by atomic mass is 32.2. The molecule has 0 aliphatic carbocycles. The van der Waals surface area contributed by atoms with Crippen LogP contribution >= 0.6 is 0 Å². The van der Waals surface area contributed by atoms with Gasteiger partial charge in [-0.25, -0.2) is 8.42 Å². The lowest BCUT2D eigenvalue weighted by Crippen LogP contribution is -2.44. The molecule has 1 saturated heterocycles. The van der Waals surface area contributed by atoms with Crippen molar-refractivity contribution in [1.29, 1.82) is 0 Å². The third-order valence-corrected chi connectivity index (χ3v) is 5.05. The van der Waals surface area contributed by atoms with Gasteiger partial charge in [-0.1, -0.05) is 0 Å². The second-order valence-electron chi connectivity index (χ2n) is 5.43. The predicted octanol–water partition coefficient (Wildman–Crippen LogP) is 0.555. The summed E-state index contributed by atoms with van der Waals surface area (Å²) in [5.74, 6) is 0.999. The molecular weight excluding hydrogens is 304 g/mol. The molecule has 1 fully saturated rings. The topological polar surface area (TPSA) is 67.9 Å². The lowest BCUT2D eigenvalue weighted by molar-refractivity contribution is 0.243. The van der Waals surface area contributed by atoms with Crippen molar-refractivity contribution in [3.63, 3.8) is 0 Å². The van der Waals surface area contributed by atoms with E-state index in [4.69, 9.17) is 9.47 Å². The van der Waals surface area contributed by atoms with E-state index < -0.39 is 9.84 Å². The number of rotatable bonds is 6. The van der Waals surface area contributed by atoms with Gasteiger partial charge in [0.05, 0.1) is 19.1 Å². The lowest BCUT2D eigenvalue weighted by atomic mass is 10.1. The maximum Gasteiger partial charge on any atom is 0.175 e. The van der Waals surface area contributed by atoms with E-state index in [-0.39, 0.29) is 0 Å². The molecule has 1 aliphatic heterocycles. The molecule has 0 saturated carbocycles. The average molecular weight is 328 g/mol. The SMILES string of the molecule is COc1cc(CCN2CCNCC2)c(S(C)(=O)=O)cc1OC. The molecule has 1 aliphatic rings. The molecule has 0 unspecified atom stereocenters. The number of piperazine rings is 1. The van der Waals surface area contributed by atoms with Gasteiger partial charge in [0.2, 0.25) is 0 Å². The monoisotopic (exact) mass is 328 g/mol. The Morgan fingerprint density at radius 1 is 1.14 bits per heavy atom. The van der Waals surface area contributed by atoms with Crippen LogP contribution in [0.1, 0.15) is 5.56 Å². The number of nitrogens with one attached hydrogen (secondary N) is 1. The number of nitrogens with zero attached hydrogens (tertiary/aromatic N) is 1. The number of methoxy groups -OCH3 is 2. The van der Waals surface area contributed by atoms with Crippen LogP contribution in [-0.4, -0.2) is 66.5 Å². The maximum absolute atomic E-state index is 12.1. The third-order valence-electron chi connectivity index (χ3n) is 3.87. The molecule has 6 nitrogen and oxygen atoms in total. The molecule has 22 heavy (non-hydrogen) atoms. The zero-order chi connectivity index (χ0) is 16.2. The second-order valence-corrected chi connectivity index (χ2v) is 7.41. The van der Waals surface area contributed by atoms with Gasteiger partial charge in [-0.05, 0) is 18.1 Å². The van der Waals surface area contributed by atoms with Crippen molar-refractivity contribution in [2.24, 2.45) is 0 Å². The van der Waals surface area contributed by atoms with E-state index in [0.29, 0.717) is 22.8 Å². The van der Waals surface area contributed by atoms with E-state index in [0.717, 1.165) is 38.3 Å². The van der Waals surface area contributed by atoms with Crippen LogP contribution in [0.2, 0.25) is 0 Å². The standard InChI is InChI=1S/C15H24N2O4S/c1-20-13-10-12(4-7-17-8-5-16-6-9-17)15(22(3,18)19)11-14(13)21-2/h10-11,16H,4-9H2,1-3H3. The average Bonchev–Trinajstić information content (AvgIpc) is 2.52. The van der Waals surface area contributed by atoms with Crippen molar-refractivity contribution in [3.05, 3.63) is 17.7 Å². The van der Waals surface area contributed by atoms with Crippen LogP contribution in [0.4, 0.5) is 0 Å². The Labute approximate surface area is 132 Å². The summed E-state index contributed by atoms with van der Waals surface area (Å²) in [5, 5.41) is 3.31. The summed E-state index contributed by atoms with van der Waals surface area (Å²) in [6, 6.07) is 3.33. The Morgan fingerprint density at radius 2 is 1.73 bits per heavy atom. The minimum absolute atomic E-state index is 0.320. The van der Waals surface area contributed by atoms with Crippen LogP contribution in [-0.2, 0) is 16.3 Å². The van der Waals surface area contributed by atoms with Gasteiger partial charge in [0.15, 0.2) is 21.3 Å². The van der Waals surface area contributed by atoms with Gasteiger partial charge < -0.3 is 19.7 Å². The zero-order valence-corrected chi connectivity index (χ0v) is 14.2. The highest BCUT2D eigenvalue weighted by Gasteiger charge is 2.19. The highest BCUT2D eigenvalue weighted by molar-refractivity contribution is 7.90. The van der Waals surface area contributed by atoms with Crippen LogP contribution in [0.5, 0.6) is 11.5 Å². The minimum Gasteiger partial charge on any atom is -0.493 e. The van der Waals surface area contributed by atoms with Crippen LogP contribution in [0.3, 0.4) is 0 Å². The second kappa shape index (κ2) is 7.30. The highest BCUT2D eigenvalue weighted by Crippen LogP contribution is 2.33. The van der Waals surface area contributed by atoms with E-state index in [1.165, 1.54) is 13.4 Å². The molecule has 1 aromatic rings. The summed E-state index contributed by atoms with van der Waals surface area (Å²) in [4.78, 5) is 2.65. The summed E-state index contributed by atoms with van der Waals surface area (Å²) in [5.41, 5.74) is 0.777. The van der Waals surface area contributed by atoms with E-state index in [1.807, 2.05) is 0 Å². The fraction of sp³-hybridized carbons (Fsp3) is 0.600. The molecule has 7 heteroatoms. The molecule has 0 amide bonds. The smallest absolute Gasteiger partial charge is 0.175 e. The van der Waals surface area contributed by atoms with Crippen molar-refractivity contribution in [3.8, 4) is 11.5 Å². The van der Waals surface area contributed by atoms with E-state index in [9.17, 15) is 8.42 Å². The molecule has 1 N–H and O–H groups in total. The fourth-order valence-corrected chi connectivity index (χ4v) is 3.61. The zero-order valence-electron chi connectivity index (χ0n) is 13.4.